The zero-order chi connectivity index (χ0) is 12.0. The maximum atomic E-state index is 8.93. The normalized spacial score (nSPS) is 9.88. The van der Waals surface area contributed by atoms with Crippen LogP contribution in [-0.4, -0.2) is 13.1 Å². The highest BCUT2D eigenvalue weighted by atomic mass is 15.1. The monoisotopic (exact) mass is 216 g/mol. The van der Waals surface area contributed by atoms with Crippen LogP contribution in [-0.2, 0) is 0 Å². The molecule has 1 aromatic rings. The Morgan fingerprint density at radius 3 is 2.31 bits per heavy atom. The second-order valence-corrected chi connectivity index (χ2v) is 4.10. The van der Waals surface area contributed by atoms with Crippen molar-refractivity contribution in [3.8, 4) is 6.07 Å². The van der Waals surface area contributed by atoms with Crippen molar-refractivity contribution in [2.24, 2.45) is 0 Å². The first-order valence-corrected chi connectivity index (χ1v) is 5.98. The molecule has 0 heterocycles. The summed E-state index contributed by atoms with van der Waals surface area (Å²) in [5, 5.41) is 8.93. The van der Waals surface area contributed by atoms with Crippen molar-refractivity contribution < 1.29 is 0 Å². The van der Waals surface area contributed by atoms with Gasteiger partial charge in [0, 0.05) is 18.8 Å². The van der Waals surface area contributed by atoms with Crippen LogP contribution in [0.4, 0.5) is 5.69 Å². The Labute approximate surface area is 98.5 Å². The molecule has 0 aliphatic carbocycles. The fourth-order valence-electron chi connectivity index (χ4n) is 1.91. The van der Waals surface area contributed by atoms with E-state index < -0.39 is 0 Å². The average molecular weight is 216 g/mol. The maximum Gasteiger partial charge on any atom is 0.0992 e. The van der Waals surface area contributed by atoms with Crippen molar-refractivity contribution >= 4 is 5.69 Å². The van der Waals surface area contributed by atoms with Gasteiger partial charge in [-0.05, 0) is 37.5 Å². The van der Waals surface area contributed by atoms with Gasteiger partial charge in [-0.1, -0.05) is 19.9 Å². The molecule has 0 saturated heterocycles. The van der Waals surface area contributed by atoms with Gasteiger partial charge in [0.1, 0.15) is 0 Å². The summed E-state index contributed by atoms with van der Waals surface area (Å²) in [5.74, 6) is 0. The molecular weight excluding hydrogens is 196 g/mol. The third-order valence-corrected chi connectivity index (χ3v) is 2.67. The molecule has 0 N–H and O–H groups in total. The standard InChI is InChI=1S/C14H20N2/c1-4-8-16(9-5-2)14-10-13(11-15)7-6-12(14)3/h6-7,10H,4-5,8-9H2,1-3H3. The topological polar surface area (TPSA) is 27.0 Å². The van der Waals surface area contributed by atoms with Crippen LogP contribution in [0.5, 0.6) is 0 Å². The van der Waals surface area contributed by atoms with E-state index in [1.807, 2.05) is 18.2 Å². The molecule has 1 aromatic carbocycles. The van der Waals surface area contributed by atoms with Gasteiger partial charge >= 0.3 is 0 Å². The Bertz CT molecular complexity index is 371. The van der Waals surface area contributed by atoms with Crippen molar-refractivity contribution in [1.29, 1.82) is 5.26 Å². The molecular formula is C14H20N2. The quantitative estimate of drug-likeness (QED) is 0.753. The molecule has 86 valence electrons. The van der Waals surface area contributed by atoms with Gasteiger partial charge in [-0.2, -0.15) is 5.26 Å². The number of anilines is 1. The van der Waals surface area contributed by atoms with Crippen molar-refractivity contribution in [2.45, 2.75) is 33.6 Å². The molecule has 0 spiro atoms. The highest BCUT2D eigenvalue weighted by Gasteiger charge is 2.08. The van der Waals surface area contributed by atoms with E-state index in [0.29, 0.717) is 0 Å². The largest absolute Gasteiger partial charge is 0.371 e. The lowest BCUT2D eigenvalue weighted by Crippen LogP contribution is -2.25. The minimum atomic E-state index is 0.748. The number of benzene rings is 1. The molecule has 0 aromatic heterocycles. The minimum absolute atomic E-state index is 0.748. The molecule has 0 atom stereocenters. The van der Waals surface area contributed by atoms with Crippen molar-refractivity contribution in [2.75, 3.05) is 18.0 Å². The van der Waals surface area contributed by atoms with Crippen LogP contribution in [0.15, 0.2) is 18.2 Å². The van der Waals surface area contributed by atoms with Crippen LogP contribution >= 0.6 is 0 Å². The fourth-order valence-corrected chi connectivity index (χ4v) is 1.91. The Balaban J connectivity index is 3.02. The third-order valence-electron chi connectivity index (χ3n) is 2.67. The van der Waals surface area contributed by atoms with Crippen molar-refractivity contribution in [3.63, 3.8) is 0 Å². The molecule has 0 aliphatic heterocycles. The lowest BCUT2D eigenvalue weighted by atomic mass is 10.1. The molecule has 1 rings (SSSR count). The van der Waals surface area contributed by atoms with Gasteiger partial charge in [0.15, 0.2) is 0 Å². The number of nitrogens with zero attached hydrogens (tertiary/aromatic N) is 2. The van der Waals surface area contributed by atoms with Crippen LogP contribution in [0.25, 0.3) is 0 Å². The van der Waals surface area contributed by atoms with Gasteiger partial charge in [-0.3, -0.25) is 0 Å². The lowest BCUT2D eigenvalue weighted by Gasteiger charge is -2.25. The van der Waals surface area contributed by atoms with E-state index in [0.717, 1.165) is 31.5 Å². The highest BCUT2D eigenvalue weighted by Crippen LogP contribution is 2.22. The highest BCUT2D eigenvalue weighted by molar-refractivity contribution is 5.57. The Kier molecular flexibility index (Phi) is 4.85. The molecule has 0 unspecified atom stereocenters. The molecule has 2 nitrogen and oxygen atoms in total. The van der Waals surface area contributed by atoms with Gasteiger partial charge in [-0.25, -0.2) is 0 Å². The predicted molar refractivity (Wildman–Crippen MR) is 68.7 cm³/mol. The van der Waals surface area contributed by atoms with Gasteiger partial charge in [0.2, 0.25) is 0 Å². The second kappa shape index (κ2) is 6.17. The summed E-state index contributed by atoms with van der Waals surface area (Å²) in [5.41, 5.74) is 3.21. The van der Waals surface area contributed by atoms with E-state index in [1.54, 1.807) is 0 Å². The summed E-state index contributed by atoms with van der Waals surface area (Å²) in [6.45, 7) is 8.60. The average Bonchev–Trinajstić information content (AvgIpc) is 2.29. The summed E-state index contributed by atoms with van der Waals surface area (Å²) < 4.78 is 0. The smallest absolute Gasteiger partial charge is 0.0992 e. The van der Waals surface area contributed by atoms with Crippen molar-refractivity contribution in [1.82, 2.24) is 0 Å². The number of rotatable bonds is 5. The second-order valence-electron chi connectivity index (χ2n) is 4.10. The van der Waals surface area contributed by atoms with Crippen molar-refractivity contribution in [3.05, 3.63) is 29.3 Å². The third kappa shape index (κ3) is 3.00. The van der Waals surface area contributed by atoms with Crippen LogP contribution < -0.4 is 4.90 Å². The maximum absolute atomic E-state index is 8.93. The molecule has 0 aliphatic rings. The summed E-state index contributed by atoms with van der Waals surface area (Å²) in [6.07, 6.45) is 2.27. The van der Waals surface area contributed by atoms with Gasteiger partial charge in [0.05, 0.1) is 11.6 Å². The van der Waals surface area contributed by atoms with E-state index in [1.165, 1.54) is 11.3 Å². The Hall–Kier alpha value is -1.49. The van der Waals surface area contributed by atoms with Gasteiger partial charge in [-0.15, -0.1) is 0 Å². The van der Waals surface area contributed by atoms with Crippen LogP contribution in [0.2, 0.25) is 0 Å². The molecule has 0 bridgehead atoms. The first kappa shape index (κ1) is 12.6. The number of hydrogen-bond acceptors (Lipinski definition) is 2. The minimum Gasteiger partial charge on any atom is -0.371 e. The zero-order valence-corrected chi connectivity index (χ0v) is 10.5. The van der Waals surface area contributed by atoms with E-state index in [2.05, 4.69) is 31.7 Å². The first-order chi connectivity index (χ1) is 7.72. The molecule has 0 amide bonds. The van der Waals surface area contributed by atoms with Crippen LogP contribution in [0.3, 0.4) is 0 Å². The lowest BCUT2D eigenvalue weighted by molar-refractivity contribution is 0.742. The number of hydrogen-bond donors (Lipinski definition) is 0. The van der Waals surface area contributed by atoms with E-state index in [-0.39, 0.29) is 0 Å². The van der Waals surface area contributed by atoms with E-state index >= 15 is 0 Å². The molecule has 0 fully saturated rings. The van der Waals surface area contributed by atoms with E-state index in [9.17, 15) is 0 Å². The fraction of sp³-hybridized carbons (Fsp3) is 0.500. The van der Waals surface area contributed by atoms with E-state index in [4.69, 9.17) is 5.26 Å². The summed E-state index contributed by atoms with van der Waals surface area (Å²) in [6, 6.07) is 8.13. The van der Waals surface area contributed by atoms with Gasteiger partial charge in [0.25, 0.3) is 0 Å². The van der Waals surface area contributed by atoms with Gasteiger partial charge < -0.3 is 4.90 Å². The summed E-state index contributed by atoms with van der Waals surface area (Å²) >= 11 is 0. The number of nitriles is 1. The Morgan fingerprint density at radius 2 is 1.81 bits per heavy atom. The molecule has 2 heteroatoms. The predicted octanol–water partition coefficient (Wildman–Crippen LogP) is 3.49. The SMILES string of the molecule is CCCN(CCC)c1cc(C#N)ccc1C. The van der Waals surface area contributed by atoms with Crippen LogP contribution in [0, 0.1) is 18.3 Å². The summed E-state index contributed by atoms with van der Waals surface area (Å²) in [7, 11) is 0. The summed E-state index contributed by atoms with van der Waals surface area (Å²) in [4.78, 5) is 2.37. The first-order valence-electron chi connectivity index (χ1n) is 5.98. The zero-order valence-electron chi connectivity index (χ0n) is 10.5. The molecule has 0 radical (unpaired) electrons. The number of aryl methyl sites for hydroxylation is 1. The molecule has 16 heavy (non-hydrogen) atoms. The van der Waals surface area contributed by atoms with Crippen LogP contribution in [0.1, 0.15) is 37.8 Å². The Morgan fingerprint density at radius 1 is 1.19 bits per heavy atom. The molecule has 0 saturated carbocycles.